The Kier molecular flexibility index (Phi) is 9.59. The molecule has 0 fully saturated rings. The molecular weight excluding hydrogens is 504 g/mol. The number of nitrogens with two attached hydrogens (primary N) is 2. The van der Waals surface area contributed by atoms with E-state index in [9.17, 15) is 26.4 Å². The fourth-order valence-corrected chi connectivity index (χ4v) is 4.99. The van der Waals surface area contributed by atoms with Gasteiger partial charge in [0, 0.05) is 0 Å². The van der Waals surface area contributed by atoms with Crippen molar-refractivity contribution in [2.75, 3.05) is 11.5 Å². The van der Waals surface area contributed by atoms with Crippen molar-refractivity contribution in [3.63, 3.8) is 0 Å². The van der Waals surface area contributed by atoms with Gasteiger partial charge >= 0.3 is 32.2 Å². The lowest BCUT2D eigenvalue weighted by atomic mass is 10.1. The molecule has 0 bridgehead atoms. The monoisotopic (exact) mass is 530 g/mol. The lowest BCUT2D eigenvalue weighted by Gasteiger charge is -2.10. The smallest absolute Gasteiger partial charge is 0.320 e. The molecule has 0 heterocycles. The van der Waals surface area contributed by atoms with Gasteiger partial charge in [0.1, 0.15) is 23.6 Å². The predicted octanol–water partition coefficient (Wildman–Crippen LogP) is 0.103. The highest BCUT2D eigenvalue weighted by Crippen LogP contribution is 2.18. The molecule has 14 heteroatoms. The van der Waals surface area contributed by atoms with Crippen LogP contribution in [0.15, 0.2) is 48.5 Å². The zero-order chi connectivity index (χ0) is 26.2. The Bertz CT molecular complexity index is 1130. The number of carboxylic acids is 2. The molecule has 192 valence electrons. The number of benzene rings is 2. The number of aliphatic carboxylic acids is 2. The zero-order valence-electron chi connectivity index (χ0n) is 18.4. The Labute approximate surface area is 202 Å². The van der Waals surface area contributed by atoms with Crippen LogP contribution in [0.1, 0.15) is 17.5 Å². The number of hydrogen-bond acceptors (Lipinski definition) is 10. The SMILES string of the molecule is NC(Cc1ccc(OS(=O)(=O)CCCS(=O)(=O)Oc2ccc(C[C@H](N)C(=O)O)cc2)cc1)C(=O)O. The van der Waals surface area contributed by atoms with Crippen molar-refractivity contribution in [2.45, 2.75) is 31.3 Å². The van der Waals surface area contributed by atoms with Gasteiger partial charge in [-0.15, -0.1) is 0 Å². The first-order chi connectivity index (χ1) is 16.3. The summed E-state index contributed by atoms with van der Waals surface area (Å²) in [4.78, 5) is 21.6. The topological polar surface area (TPSA) is 213 Å². The highest BCUT2D eigenvalue weighted by molar-refractivity contribution is 7.88. The van der Waals surface area contributed by atoms with Crippen LogP contribution in [0.5, 0.6) is 11.5 Å². The quantitative estimate of drug-likeness (QED) is 0.239. The van der Waals surface area contributed by atoms with E-state index in [1.807, 2.05) is 0 Å². The van der Waals surface area contributed by atoms with Crippen molar-refractivity contribution in [1.29, 1.82) is 0 Å². The highest BCUT2D eigenvalue weighted by atomic mass is 32.2. The summed E-state index contributed by atoms with van der Waals surface area (Å²) in [5.74, 6) is -3.53. The van der Waals surface area contributed by atoms with Crippen LogP contribution in [0.3, 0.4) is 0 Å². The van der Waals surface area contributed by atoms with Crippen molar-refractivity contribution < 1.29 is 45.0 Å². The van der Waals surface area contributed by atoms with Crippen LogP contribution in [0.2, 0.25) is 0 Å². The minimum atomic E-state index is -4.10. The normalized spacial score (nSPS) is 13.5. The molecule has 0 spiro atoms. The minimum Gasteiger partial charge on any atom is -0.480 e. The summed E-state index contributed by atoms with van der Waals surface area (Å²) in [6.07, 6.45) is -0.181. The third-order valence-electron chi connectivity index (χ3n) is 4.63. The van der Waals surface area contributed by atoms with E-state index in [2.05, 4.69) is 0 Å². The van der Waals surface area contributed by atoms with Crippen LogP contribution in [0, 0.1) is 0 Å². The van der Waals surface area contributed by atoms with Crippen molar-refractivity contribution in [1.82, 2.24) is 0 Å². The Morgan fingerprint density at radius 3 is 1.29 bits per heavy atom. The molecule has 2 aromatic rings. The van der Waals surface area contributed by atoms with E-state index in [0.717, 1.165) is 0 Å². The molecule has 0 aromatic heterocycles. The molecule has 0 aliphatic carbocycles. The van der Waals surface area contributed by atoms with E-state index >= 15 is 0 Å². The lowest BCUT2D eigenvalue weighted by molar-refractivity contribution is -0.139. The van der Waals surface area contributed by atoms with Gasteiger partial charge in [-0.1, -0.05) is 24.3 Å². The first-order valence-electron chi connectivity index (χ1n) is 10.3. The summed E-state index contributed by atoms with van der Waals surface area (Å²) in [6, 6.07) is 9.09. The standard InChI is InChI=1S/C21H26N2O10S2/c22-18(20(24)25)12-14-2-6-16(7-3-14)32-34(28,29)10-1-11-35(30,31)33-17-8-4-15(5-9-17)13-19(23)21(26)27/h2-9,18-19H,1,10-13,22-23H2,(H,24,25)(H,26,27)/t18-,19?/m0/s1. The molecule has 0 saturated heterocycles. The average Bonchev–Trinajstić information content (AvgIpc) is 2.75. The Morgan fingerprint density at radius 1 is 0.686 bits per heavy atom. The number of hydrogen-bond donors (Lipinski definition) is 4. The second-order valence-electron chi connectivity index (χ2n) is 7.63. The van der Waals surface area contributed by atoms with Crippen LogP contribution in [0.4, 0.5) is 0 Å². The maximum atomic E-state index is 12.2. The third-order valence-corrected chi connectivity index (χ3v) is 7.10. The summed E-state index contributed by atoms with van der Waals surface area (Å²) < 4.78 is 58.5. The number of carboxylic acid groups (broad SMARTS) is 2. The molecule has 0 aliphatic rings. The van der Waals surface area contributed by atoms with Crippen molar-refractivity contribution in [3.8, 4) is 11.5 Å². The average molecular weight is 531 g/mol. The summed E-state index contributed by atoms with van der Waals surface area (Å²) in [5.41, 5.74) is 12.1. The van der Waals surface area contributed by atoms with Gasteiger partial charge < -0.3 is 30.0 Å². The molecule has 0 amide bonds. The van der Waals surface area contributed by atoms with Gasteiger partial charge in [-0.25, -0.2) is 0 Å². The third kappa shape index (κ3) is 9.90. The largest absolute Gasteiger partial charge is 0.480 e. The van der Waals surface area contributed by atoms with E-state index in [0.29, 0.717) is 11.1 Å². The fourth-order valence-electron chi connectivity index (χ4n) is 2.83. The maximum Gasteiger partial charge on any atom is 0.320 e. The van der Waals surface area contributed by atoms with Crippen LogP contribution >= 0.6 is 0 Å². The van der Waals surface area contributed by atoms with Crippen LogP contribution in [-0.2, 0) is 42.7 Å². The summed E-state index contributed by atoms with van der Waals surface area (Å²) in [7, 11) is -8.20. The molecule has 35 heavy (non-hydrogen) atoms. The number of rotatable bonds is 14. The van der Waals surface area contributed by atoms with Crippen LogP contribution in [-0.4, -0.2) is 62.6 Å². The predicted molar refractivity (Wildman–Crippen MR) is 125 cm³/mol. The van der Waals surface area contributed by atoms with Gasteiger partial charge in [0.15, 0.2) is 0 Å². The maximum absolute atomic E-state index is 12.2. The molecule has 1 unspecified atom stereocenters. The Hall–Kier alpha value is -3.20. The van der Waals surface area contributed by atoms with Gasteiger partial charge in [0.2, 0.25) is 0 Å². The van der Waals surface area contributed by atoms with Gasteiger partial charge in [-0.3, -0.25) is 9.59 Å². The molecule has 0 saturated carbocycles. The molecule has 0 aliphatic heterocycles. The van der Waals surface area contributed by atoms with Crippen molar-refractivity contribution in [3.05, 3.63) is 59.7 Å². The van der Waals surface area contributed by atoms with E-state index < -0.39 is 55.8 Å². The molecule has 2 atom stereocenters. The molecule has 0 radical (unpaired) electrons. The van der Waals surface area contributed by atoms with E-state index in [1.54, 1.807) is 0 Å². The van der Waals surface area contributed by atoms with Crippen LogP contribution < -0.4 is 19.8 Å². The molecule has 12 nitrogen and oxygen atoms in total. The van der Waals surface area contributed by atoms with Crippen LogP contribution in [0.25, 0.3) is 0 Å². The second-order valence-corrected chi connectivity index (χ2v) is 11.0. The van der Waals surface area contributed by atoms with E-state index in [1.165, 1.54) is 48.5 Å². The van der Waals surface area contributed by atoms with Gasteiger partial charge in [-0.05, 0) is 54.7 Å². The van der Waals surface area contributed by atoms with E-state index in [-0.39, 0.29) is 30.8 Å². The molecular formula is C21H26N2O10S2. The molecule has 6 N–H and O–H groups in total. The van der Waals surface area contributed by atoms with Crippen molar-refractivity contribution >= 4 is 32.2 Å². The fraction of sp³-hybridized carbons (Fsp3) is 0.333. The number of carbonyl (C=O) groups is 2. The minimum absolute atomic E-state index is 0.0144. The second kappa shape index (κ2) is 12.0. The van der Waals surface area contributed by atoms with Crippen molar-refractivity contribution in [2.24, 2.45) is 11.5 Å². The van der Waals surface area contributed by atoms with E-state index in [4.69, 9.17) is 30.0 Å². The Balaban J connectivity index is 1.85. The molecule has 2 rings (SSSR count). The zero-order valence-corrected chi connectivity index (χ0v) is 20.1. The summed E-state index contributed by atoms with van der Waals surface area (Å²) in [5, 5.41) is 17.7. The summed E-state index contributed by atoms with van der Waals surface area (Å²) in [6.45, 7) is 0. The van der Waals surface area contributed by atoms with Gasteiger partial charge in [0.05, 0.1) is 11.5 Å². The highest BCUT2D eigenvalue weighted by Gasteiger charge is 2.19. The first-order valence-corrected chi connectivity index (χ1v) is 13.4. The molecule has 2 aromatic carbocycles. The summed E-state index contributed by atoms with van der Waals surface area (Å²) >= 11 is 0. The lowest BCUT2D eigenvalue weighted by Crippen LogP contribution is -2.32. The first kappa shape index (κ1) is 28.0. The van der Waals surface area contributed by atoms with Gasteiger partial charge in [-0.2, -0.15) is 16.8 Å². The van der Waals surface area contributed by atoms with Gasteiger partial charge in [0.25, 0.3) is 0 Å². The Morgan fingerprint density at radius 2 is 1.00 bits per heavy atom.